The fourth-order valence-corrected chi connectivity index (χ4v) is 1.89. The van der Waals surface area contributed by atoms with Crippen molar-refractivity contribution in [2.75, 3.05) is 26.7 Å². The first-order chi connectivity index (χ1) is 6.00. The van der Waals surface area contributed by atoms with E-state index in [1.54, 1.807) is 0 Å². The number of likely N-dealkylation sites (tertiary alicyclic amines) is 1. The van der Waals surface area contributed by atoms with Gasteiger partial charge in [0.2, 0.25) is 0 Å². The van der Waals surface area contributed by atoms with Gasteiger partial charge in [-0.15, -0.1) is 0 Å². The second-order valence-corrected chi connectivity index (χ2v) is 5.03. The van der Waals surface area contributed by atoms with Crippen LogP contribution in [0.2, 0.25) is 0 Å². The zero-order valence-corrected chi connectivity index (χ0v) is 9.75. The Hall–Kier alpha value is -0.0800. The largest absolute Gasteiger partial charge is 0.300 e. The van der Waals surface area contributed by atoms with Gasteiger partial charge in [0.15, 0.2) is 0 Å². The van der Waals surface area contributed by atoms with E-state index in [0.717, 1.165) is 12.0 Å². The van der Waals surface area contributed by atoms with E-state index in [1.807, 2.05) is 0 Å². The Labute approximate surface area is 82.9 Å². The van der Waals surface area contributed by atoms with Crippen LogP contribution in [-0.4, -0.2) is 48.6 Å². The third-order valence-corrected chi connectivity index (χ3v) is 2.95. The van der Waals surface area contributed by atoms with Crippen molar-refractivity contribution in [1.82, 2.24) is 9.80 Å². The van der Waals surface area contributed by atoms with E-state index in [1.165, 1.54) is 19.6 Å². The molecule has 0 atom stereocenters. The zero-order chi connectivity index (χ0) is 10.0. The molecule has 0 unspecified atom stereocenters. The van der Waals surface area contributed by atoms with Crippen molar-refractivity contribution in [3.05, 3.63) is 0 Å². The van der Waals surface area contributed by atoms with Crippen molar-refractivity contribution >= 4 is 0 Å². The van der Waals surface area contributed by atoms with Gasteiger partial charge in [-0.3, -0.25) is 9.80 Å². The average Bonchev–Trinajstić information content (AvgIpc) is 1.94. The first kappa shape index (κ1) is 11.0. The molecule has 0 saturated carbocycles. The molecule has 0 amide bonds. The molecule has 0 radical (unpaired) electrons. The topological polar surface area (TPSA) is 6.48 Å². The molecule has 0 N–H and O–H groups in total. The Kier molecular flexibility index (Phi) is 3.74. The molecule has 1 saturated heterocycles. The van der Waals surface area contributed by atoms with E-state index in [9.17, 15) is 0 Å². The first-order valence-corrected chi connectivity index (χ1v) is 5.45. The van der Waals surface area contributed by atoms with Gasteiger partial charge >= 0.3 is 0 Å². The minimum absolute atomic E-state index is 0.686. The van der Waals surface area contributed by atoms with E-state index in [4.69, 9.17) is 0 Å². The molecule has 13 heavy (non-hydrogen) atoms. The second kappa shape index (κ2) is 4.43. The van der Waals surface area contributed by atoms with E-state index in [-0.39, 0.29) is 0 Å². The van der Waals surface area contributed by atoms with Crippen LogP contribution < -0.4 is 0 Å². The summed E-state index contributed by atoms with van der Waals surface area (Å²) in [4.78, 5) is 5.03. The summed E-state index contributed by atoms with van der Waals surface area (Å²) in [6.07, 6.45) is 0. The Bertz CT molecular complexity index is 148. The van der Waals surface area contributed by atoms with Gasteiger partial charge < -0.3 is 0 Å². The van der Waals surface area contributed by atoms with Crippen molar-refractivity contribution in [2.24, 2.45) is 5.92 Å². The van der Waals surface area contributed by atoms with Crippen molar-refractivity contribution in [3.8, 4) is 0 Å². The fraction of sp³-hybridized carbons (Fsp3) is 1.00. The van der Waals surface area contributed by atoms with Crippen LogP contribution >= 0.6 is 0 Å². The van der Waals surface area contributed by atoms with Crippen molar-refractivity contribution in [2.45, 2.75) is 39.8 Å². The van der Waals surface area contributed by atoms with Crippen LogP contribution in [0.1, 0.15) is 27.7 Å². The minimum Gasteiger partial charge on any atom is -0.300 e. The molecule has 2 heteroatoms. The monoisotopic (exact) mass is 184 g/mol. The van der Waals surface area contributed by atoms with Gasteiger partial charge in [0.05, 0.1) is 0 Å². The molecule has 0 aromatic rings. The SMILES string of the molecule is CC(C)CN1CC(N(C)C(C)C)C1. The highest BCUT2D eigenvalue weighted by atomic mass is 15.3. The molecule has 2 nitrogen and oxygen atoms in total. The molecule has 0 aromatic carbocycles. The predicted octanol–water partition coefficient (Wildman–Crippen LogP) is 1.67. The summed E-state index contributed by atoms with van der Waals surface area (Å²) in [5.74, 6) is 0.810. The number of likely N-dealkylation sites (N-methyl/N-ethyl adjacent to an activating group) is 1. The highest BCUT2D eigenvalue weighted by Gasteiger charge is 2.30. The lowest BCUT2D eigenvalue weighted by Gasteiger charge is -2.46. The zero-order valence-electron chi connectivity index (χ0n) is 9.75. The van der Waals surface area contributed by atoms with Crippen LogP contribution in [0.25, 0.3) is 0 Å². The minimum atomic E-state index is 0.686. The summed E-state index contributed by atoms with van der Waals surface area (Å²) >= 11 is 0. The maximum Gasteiger partial charge on any atom is 0.0350 e. The molecule has 0 aromatic heterocycles. The van der Waals surface area contributed by atoms with Crippen molar-refractivity contribution < 1.29 is 0 Å². The lowest BCUT2D eigenvalue weighted by atomic mass is 10.0. The first-order valence-electron chi connectivity index (χ1n) is 5.45. The molecule has 1 rings (SSSR count). The number of hydrogen-bond donors (Lipinski definition) is 0. The third kappa shape index (κ3) is 2.96. The summed E-state index contributed by atoms with van der Waals surface area (Å²) in [5, 5.41) is 0. The highest BCUT2D eigenvalue weighted by molar-refractivity contribution is 4.88. The highest BCUT2D eigenvalue weighted by Crippen LogP contribution is 2.16. The van der Waals surface area contributed by atoms with Crippen LogP contribution in [-0.2, 0) is 0 Å². The lowest BCUT2D eigenvalue weighted by Crippen LogP contribution is -2.60. The number of nitrogens with zero attached hydrogens (tertiary/aromatic N) is 2. The average molecular weight is 184 g/mol. The molecule has 1 heterocycles. The third-order valence-electron chi connectivity index (χ3n) is 2.95. The van der Waals surface area contributed by atoms with Crippen molar-refractivity contribution in [1.29, 1.82) is 0 Å². The maximum atomic E-state index is 2.55. The molecule has 1 aliphatic heterocycles. The summed E-state index contributed by atoms with van der Waals surface area (Å²) < 4.78 is 0. The molecule has 78 valence electrons. The van der Waals surface area contributed by atoms with Crippen LogP contribution in [0.3, 0.4) is 0 Å². The Morgan fingerprint density at radius 3 is 2.15 bits per heavy atom. The van der Waals surface area contributed by atoms with Crippen LogP contribution in [0.15, 0.2) is 0 Å². The summed E-state index contributed by atoms with van der Waals surface area (Å²) in [6, 6.07) is 1.49. The standard InChI is InChI=1S/C11H24N2/c1-9(2)6-13-7-11(8-13)12(5)10(3)4/h9-11H,6-8H2,1-5H3. The van der Waals surface area contributed by atoms with Gasteiger partial charge in [0, 0.05) is 31.7 Å². The second-order valence-electron chi connectivity index (χ2n) is 5.03. The number of rotatable bonds is 4. The van der Waals surface area contributed by atoms with Gasteiger partial charge in [0.25, 0.3) is 0 Å². The van der Waals surface area contributed by atoms with Gasteiger partial charge in [-0.05, 0) is 26.8 Å². The Morgan fingerprint density at radius 1 is 1.23 bits per heavy atom. The van der Waals surface area contributed by atoms with Gasteiger partial charge in [-0.1, -0.05) is 13.8 Å². The quantitative estimate of drug-likeness (QED) is 0.656. The van der Waals surface area contributed by atoms with Crippen LogP contribution in [0.5, 0.6) is 0 Å². The van der Waals surface area contributed by atoms with Gasteiger partial charge in [0.1, 0.15) is 0 Å². The molecule has 1 fully saturated rings. The van der Waals surface area contributed by atoms with Crippen LogP contribution in [0.4, 0.5) is 0 Å². The molecular formula is C11H24N2. The van der Waals surface area contributed by atoms with E-state index in [0.29, 0.717) is 6.04 Å². The van der Waals surface area contributed by atoms with Crippen molar-refractivity contribution in [3.63, 3.8) is 0 Å². The molecule has 1 aliphatic rings. The number of hydrogen-bond acceptors (Lipinski definition) is 2. The van der Waals surface area contributed by atoms with Gasteiger partial charge in [-0.2, -0.15) is 0 Å². The van der Waals surface area contributed by atoms with E-state index >= 15 is 0 Å². The smallest absolute Gasteiger partial charge is 0.0350 e. The molecule has 0 spiro atoms. The summed E-state index contributed by atoms with van der Waals surface area (Å²) in [6.45, 7) is 12.9. The maximum absolute atomic E-state index is 2.55. The van der Waals surface area contributed by atoms with Gasteiger partial charge in [-0.25, -0.2) is 0 Å². The van der Waals surface area contributed by atoms with E-state index < -0.39 is 0 Å². The van der Waals surface area contributed by atoms with E-state index in [2.05, 4.69) is 44.5 Å². The van der Waals surface area contributed by atoms with Crippen LogP contribution in [0, 0.1) is 5.92 Å². The lowest BCUT2D eigenvalue weighted by molar-refractivity contribution is 0.0262. The predicted molar refractivity (Wildman–Crippen MR) is 58.0 cm³/mol. The summed E-state index contributed by atoms with van der Waals surface area (Å²) in [7, 11) is 2.24. The fourth-order valence-electron chi connectivity index (χ4n) is 1.89. The Balaban J connectivity index is 2.18. The molecule has 0 aliphatic carbocycles. The molecule has 0 bridgehead atoms. The molecular weight excluding hydrogens is 160 g/mol. The normalized spacial score (nSPS) is 20.3. The Morgan fingerprint density at radius 2 is 1.77 bits per heavy atom. The summed E-state index contributed by atoms with van der Waals surface area (Å²) in [5.41, 5.74) is 0.